The van der Waals surface area contributed by atoms with Crippen molar-refractivity contribution in [2.75, 3.05) is 6.54 Å². The molecule has 0 aromatic rings. The first-order valence-corrected chi connectivity index (χ1v) is 6.67. The van der Waals surface area contributed by atoms with Gasteiger partial charge in [0, 0.05) is 24.5 Å². The van der Waals surface area contributed by atoms with Crippen molar-refractivity contribution >= 4 is 5.91 Å². The van der Waals surface area contributed by atoms with E-state index in [1.54, 1.807) is 0 Å². The highest BCUT2D eigenvalue weighted by Crippen LogP contribution is 2.34. The van der Waals surface area contributed by atoms with Crippen molar-refractivity contribution in [2.45, 2.75) is 66.0 Å². The fourth-order valence-electron chi connectivity index (χ4n) is 2.85. The van der Waals surface area contributed by atoms with Gasteiger partial charge in [0.05, 0.1) is 0 Å². The molecule has 1 aliphatic rings. The largest absolute Gasteiger partial charge is 0.352 e. The molecule has 1 heterocycles. The summed E-state index contributed by atoms with van der Waals surface area (Å²) in [4.78, 5) is 11.8. The highest BCUT2D eigenvalue weighted by molar-refractivity contribution is 5.76. The average Bonchev–Trinajstić information content (AvgIpc) is 2.06. The minimum atomic E-state index is 0.154. The summed E-state index contributed by atoms with van der Waals surface area (Å²) in [6.07, 6.45) is 1.70. The van der Waals surface area contributed by atoms with Gasteiger partial charge in [0.2, 0.25) is 5.91 Å². The van der Waals surface area contributed by atoms with Crippen LogP contribution in [0.15, 0.2) is 0 Å². The quantitative estimate of drug-likeness (QED) is 0.795. The van der Waals surface area contributed by atoms with Crippen LogP contribution in [0.2, 0.25) is 0 Å². The van der Waals surface area contributed by atoms with Crippen LogP contribution in [0, 0.1) is 11.3 Å². The van der Waals surface area contributed by atoms with Gasteiger partial charge >= 0.3 is 0 Å². The van der Waals surface area contributed by atoms with Crippen LogP contribution in [-0.4, -0.2) is 24.0 Å². The standard InChI is InChI=1S/C14H28N2O/c1-10(2)7-12(17)16-11-8-15-14(5,6)9-13(11,3)4/h10-11,15H,7-9H2,1-6H3,(H,16,17). The molecule has 0 aromatic heterocycles. The summed E-state index contributed by atoms with van der Waals surface area (Å²) in [5, 5.41) is 6.68. The Balaban J connectivity index is 2.58. The third-order valence-electron chi connectivity index (χ3n) is 3.55. The average molecular weight is 240 g/mol. The van der Waals surface area contributed by atoms with Crippen molar-refractivity contribution in [1.82, 2.24) is 10.6 Å². The highest BCUT2D eigenvalue weighted by atomic mass is 16.1. The molecule has 1 atom stereocenters. The lowest BCUT2D eigenvalue weighted by Gasteiger charge is -2.47. The second-order valence-corrected chi connectivity index (χ2v) is 7.15. The van der Waals surface area contributed by atoms with Crippen LogP contribution in [0.25, 0.3) is 0 Å². The van der Waals surface area contributed by atoms with Gasteiger partial charge in [-0.2, -0.15) is 0 Å². The van der Waals surface area contributed by atoms with E-state index >= 15 is 0 Å². The Morgan fingerprint density at radius 3 is 2.41 bits per heavy atom. The molecule has 1 fully saturated rings. The molecule has 17 heavy (non-hydrogen) atoms. The van der Waals surface area contributed by atoms with E-state index in [0.29, 0.717) is 12.3 Å². The summed E-state index contributed by atoms with van der Waals surface area (Å²) in [5.74, 6) is 0.602. The molecule has 3 heteroatoms. The van der Waals surface area contributed by atoms with E-state index in [1.165, 1.54) is 0 Å². The van der Waals surface area contributed by atoms with Crippen molar-refractivity contribution in [3.8, 4) is 0 Å². The predicted molar refractivity (Wildman–Crippen MR) is 71.9 cm³/mol. The molecule has 1 amide bonds. The van der Waals surface area contributed by atoms with Crippen molar-refractivity contribution in [2.24, 2.45) is 11.3 Å². The summed E-state index contributed by atoms with van der Waals surface area (Å²) >= 11 is 0. The summed E-state index contributed by atoms with van der Waals surface area (Å²) in [7, 11) is 0. The molecule has 0 spiro atoms. The zero-order valence-corrected chi connectivity index (χ0v) is 12.2. The van der Waals surface area contributed by atoms with Crippen LogP contribution in [0.5, 0.6) is 0 Å². The molecule has 100 valence electrons. The number of rotatable bonds is 3. The maximum atomic E-state index is 11.8. The molecule has 1 unspecified atom stereocenters. The zero-order valence-electron chi connectivity index (χ0n) is 12.2. The Hall–Kier alpha value is -0.570. The van der Waals surface area contributed by atoms with Crippen molar-refractivity contribution in [3.05, 3.63) is 0 Å². The number of carbonyl (C=O) groups is 1. The van der Waals surface area contributed by atoms with Crippen LogP contribution in [0.3, 0.4) is 0 Å². The van der Waals surface area contributed by atoms with Gasteiger partial charge in [0.15, 0.2) is 0 Å². The second-order valence-electron chi connectivity index (χ2n) is 7.15. The predicted octanol–water partition coefficient (Wildman–Crippen LogP) is 2.32. The maximum absolute atomic E-state index is 11.8. The number of hydrogen-bond acceptors (Lipinski definition) is 2. The fourth-order valence-corrected chi connectivity index (χ4v) is 2.85. The molecule has 1 aliphatic heterocycles. The van der Waals surface area contributed by atoms with E-state index in [2.05, 4.69) is 52.2 Å². The minimum absolute atomic E-state index is 0.154. The first-order valence-electron chi connectivity index (χ1n) is 6.67. The van der Waals surface area contributed by atoms with Crippen LogP contribution >= 0.6 is 0 Å². The summed E-state index contributed by atoms with van der Waals surface area (Å²) in [5.41, 5.74) is 0.324. The molecule has 2 N–H and O–H groups in total. The van der Waals surface area contributed by atoms with Crippen molar-refractivity contribution in [1.29, 1.82) is 0 Å². The molecule has 0 radical (unpaired) electrons. The Bertz CT molecular complexity index is 282. The van der Waals surface area contributed by atoms with Crippen LogP contribution in [0.1, 0.15) is 54.4 Å². The third-order valence-corrected chi connectivity index (χ3v) is 3.55. The molecular weight excluding hydrogens is 212 g/mol. The van der Waals surface area contributed by atoms with Gasteiger partial charge in [-0.1, -0.05) is 27.7 Å². The summed E-state index contributed by atoms with van der Waals surface area (Å²) < 4.78 is 0. The molecule has 0 saturated carbocycles. The van der Waals surface area contributed by atoms with Crippen LogP contribution < -0.4 is 10.6 Å². The van der Waals surface area contributed by atoms with Gasteiger partial charge in [-0.15, -0.1) is 0 Å². The Labute approximate surface area is 106 Å². The van der Waals surface area contributed by atoms with E-state index in [1.807, 2.05) is 0 Å². The zero-order chi connectivity index (χ0) is 13.3. The molecule has 1 saturated heterocycles. The van der Waals surface area contributed by atoms with E-state index in [-0.39, 0.29) is 22.9 Å². The summed E-state index contributed by atoms with van der Waals surface area (Å²) in [6.45, 7) is 14.0. The molecule has 0 bridgehead atoms. The van der Waals surface area contributed by atoms with Crippen molar-refractivity contribution < 1.29 is 4.79 Å². The van der Waals surface area contributed by atoms with Gasteiger partial charge in [-0.05, 0) is 31.6 Å². The summed E-state index contributed by atoms with van der Waals surface area (Å²) in [6, 6.07) is 0.238. The number of hydrogen-bond donors (Lipinski definition) is 2. The monoisotopic (exact) mass is 240 g/mol. The Kier molecular flexibility index (Phi) is 4.23. The smallest absolute Gasteiger partial charge is 0.220 e. The van der Waals surface area contributed by atoms with E-state index < -0.39 is 0 Å². The number of amides is 1. The number of nitrogens with one attached hydrogen (secondary N) is 2. The molecule has 0 aromatic carbocycles. The second kappa shape index (κ2) is 4.97. The number of carbonyl (C=O) groups excluding carboxylic acids is 1. The molecular formula is C14H28N2O. The SMILES string of the molecule is CC(C)CC(=O)NC1CNC(C)(C)CC1(C)C. The third kappa shape index (κ3) is 4.30. The van der Waals surface area contributed by atoms with E-state index in [0.717, 1.165) is 13.0 Å². The van der Waals surface area contributed by atoms with Gasteiger partial charge in [0.1, 0.15) is 0 Å². The number of piperidine rings is 1. The minimum Gasteiger partial charge on any atom is -0.352 e. The first-order chi connectivity index (χ1) is 7.62. The molecule has 0 aliphatic carbocycles. The van der Waals surface area contributed by atoms with Gasteiger partial charge in [0.25, 0.3) is 0 Å². The van der Waals surface area contributed by atoms with Gasteiger partial charge < -0.3 is 10.6 Å². The lowest BCUT2D eigenvalue weighted by Crippen LogP contribution is -2.61. The van der Waals surface area contributed by atoms with Crippen LogP contribution in [-0.2, 0) is 4.79 Å². The van der Waals surface area contributed by atoms with E-state index in [4.69, 9.17) is 0 Å². The lowest BCUT2D eigenvalue weighted by atomic mass is 9.71. The van der Waals surface area contributed by atoms with E-state index in [9.17, 15) is 4.79 Å². The normalized spacial score (nSPS) is 26.9. The lowest BCUT2D eigenvalue weighted by molar-refractivity contribution is -0.123. The fraction of sp³-hybridized carbons (Fsp3) is 0.929. The Morgan fingerprint density at radius 2 is 1.94 bits per heavy atom. The van der Waals surface area contributed by atoms with Gasteiger partial charge in [-0.25, -0.2) is 0 Å². The highest BCUT2D eigenvalue weighted by Gasteiger charge is 2.40. The molecule has 1 rings (SSSR count). The first kappa shape index (κ1) is 14.5. The maximum Gasteiger partial charge on any atom is 0.220 e. The molecule has 3 nitrogen and oxygen atoms in total. The van der Waals surface area contributed by atoms with Crippen LogP contribution in [0.4, 0.5) is 0 Å². The van der Waals surface area contributed by atoms with Gasteiger partial charge in [-0.3, -0.25) is 4.79 Å². The topological polar surface area (TPSA) is 41.1 Å². The van der Waals surface area contributed by atoms with Crippen molar-refractivity contribution in [3.63, 3.8) is 0 Å². The Morgan fingerprint density at radius 1 is 1.35 bits per heavy atom.